The van der Waals surface area contributed by atoms with Crippen molar-refractivity contribution in [2.45, 2.75) is 38.5 Å². The highest BCUT2D eigenvalue weighted by Crippen LogP contribution is 2.38. The maximum Gasteiger partial charge on any atom is 0.303 e. The van der Waals surface area contributed by atoms with Gasteiger partial charge in [0.2, 0.25) is 5.76 Å². The number of carbonyl (C=O) groups excluding carboxylic acids is 1. The largest absolute Gasteiger partial charge is 0.481 e. The lowest BCUT2D eigenvalue weighted by atomic mass is 9.71. The van der Waals surface area contributed by atoms with Crippen molar-refractivity contribution < 1.29 is 19.2 Å². The van der Waals surface area contributed by atoms with E-state index in [9.17, 15) is 9.59 Å². The minimum Gasteiger partial charge on any atom is -0.481 e. The molecule has 1 amide bonds. The Kier molecular flexibility index (Phi) is 4.19. The van der Waals surface area contributed by atoms with Crippen molar-refractivity contribution in [3.8, 4) is 0 Å². The lowest BCUT2D eigenvalue weighted by Gasteiger charge is -2.36. The molecule has 6 nitrogen and oxygen atoms in total. The average molecular weight is 266 g/mol. The molecular weight excluding hydrogens is 248 g/mol. The van der Waals surface area contributed by atoms with Gasteiger partial charge >= 0.3 is 5.97 Å². The van der Waals surface area contributed by atoms with Gasteiger partial charge in [-0.25, -0.2) is 0 Å². The summed E-state index contributed by atoms with van der Waals surface area (Å²) in [6.45, 7) is 0.374. The fourth-order valence-corrected chi connectivity index (χ4v) is 2.73. The SMILES string of the molecule is O=C(O)CC1(CNC(=O)c2ccno2)CCCCC1. The molecule has 0 unspecified atom stereocenters. The monoisotopic (exact) mass is 266 g/mol. The third-order valence-corrected chi connectivity index (χ3v) is 3.73. The van der Waals surface area contributed by atoms with Gasteiger partial charge in [0.1, 0.15) is 0 Å². The summed E-state index contributed by atoms with van der Waals surface area (Å²) in [7, 11) is 0. The first-order chi connectivity index (χ1) is 9.11. The fraction of sp³-hybridized carbons (Fsp3) is 0.615. The Morgan fingerprint density at radius 3 is 2.68 bits per heavy atom. The van der Waals surface area contributed by atoms with E-state index in [1.807, 2.05) is 0 Å². The highest BCUT2D eigenvalue weighted by molar-refractivity contribution is 5.91. The van der Waals surface area contributed by atoms with Crippen LogP contribution in [0.4, 0.5) is 0 Å². The number of carboxylic acids is 1. The summed E-state index contributed by atoms with van der Waals surface area (Å²) in [4.78, 5) is 22.8. The molecule has 0 bridgehead atoms. The third kappa shape index (κ3) is 3.56. The number of nitrogens with one attached hydrogen (secondary N) is 1. The van der Waals surface area contributed by atoms with E-state index >= 15 is 0 Å². The van der Waals surface area contributed by atoms with Crippen LogP contribution in [-0.4, -0.2) is 28.7 Å². The molecule has 1 heterocycles. The molecule has 6 heteroatoms. The summed E-state index contributed by atoms with van der Waals surface area (Å²) >= 11 is 0. The summed E-state index contributed by atoms with van der Waals surface area (Å²) in [5.41, 5.74) is -0.320. The quantitative estimate of drug-likeness (QED) is 0.848. The predicted molar refractivity (Wildman–Crippen MR) is 66.6 cm³/mol. The van der Waals surface area contributed by atoms with Crippen LogP contribution >= 0.6 is 0 Å². The summed E-state index contributed by atoms with van der Waals surface area (Å²) in [6, 6.07) is 1.49. The molecule has 104 valence electrons. The lowest BCUT2D eigenvalue weighted by molar-refractivity contribution is -0.140. The number of nitrogens with zero attached hydrogens (tertiary/aromatic N) is 1. The average Bonchev–Trinajstić information content (AvgIpc) is 2.90. The molecular formula is C13H18N2O4. The number of aromatic nitrogens is 1. The lowest BCUT2D eigenvalue weighted by Crippen LogP contribution is -2.40. The molecule has 0 saturated heterocycles. The zero-order valence-corrected chi connectivity index (χ0v) is 10.7. The predicted octanol–water partition coefficient (Wildman–Crippen LogP) is 1.83. The Labute approximate surface area is 111 Å². The second-order valence-electron chi connectivity index (χ2n) is 5.19. The molecule has 0 atom stereocenters. The van der Waals surface area contributed by atoms with Gasteiger partial charge in [-0.05, 0) is 18.3 Å². The second-order valence-corrected chi connectivity index (χ2v) is 5.19. The van der Waals surface area contributed by atoms with Crippen molar-refractivity contribution in [2.24, 2.45) is 5.41 Å². The number of aliphatic carboxylic acids is 1. The van der Waals surface area contributed by atoms with Gasteiger partial charge in [0.05, 0.1) is 12.6 Å². The van der Waals surface area contributed by atoms with Crippen molar-refractivity contribution in [3.63, 3.8) is 0 Å². The van der Waals surface area contributed by atoms with Crippen molar-refractivity contribution >= 4 is 11.9 Å². The first-order valence-electron chi connectivity index (χ1n) is 6.52. The number of hydrogen-bond donors (Lipinski definition) is 2. The van der Waals surface area contributed by atoms with Crippen LogP contribution in [0.25, 0.3) is 0 Å². The van der Waals surface area contributed by atoms with E-state index in [2.05, 4.69) is 10.5 Å². The topological polar surface area (TPSA) is 92.4 Å². The minimum absolute atomic E-state index is 0.101. The van der Waals surface area contributed by atoms with Crippen molar-refractivity contribution in [1.29, 1.82) is 0 Å². The smallest absolute Gasteiger partial charge is 0.303 e. The van der Waals surface area contributed by atoms with Gasteiger partial charge in [0.15, 0.2) is 0 Å². The highest BCUT2D eigenvalue weighted by Gasteiger charge is 2.34. The van der Waals surface area contributed by atoms with E-state index in [1.54, 1.807) is 0 Å². The highest BCUT2D eigenvalue weighted by atomic mass is 16.5. The van der Waals surface area contributed by atoms with Gasteiger partial charge in [-0.15, -0.1) is 0 Å². The number of carboxylic acid groups (broad SMARTS) is 1. The van der Waals surface area contributed by atoms with Gasteiger partial charge in [-0.3, -0.25) is 9.59 Å². The molecule has 2 rings (SSSR count). The maximum atomic E-state index is 11.8. The number of hydrogen-bond acceptors (Lipinski definition) is 4. The van der Waals surface area contributed by atoms with Crippen molar-refractivity contribution in [1.82, 2.24) is 10.5 Å². The first-order valence-corrected chi connectivity index (χ1v) is 6.52. The first kappa shape index (κ1) is 13.6. The normalized spacial score (nSPS) is 17.9. The van der Waals surface area contributed by atoms with Gasteiger partial charge < -0.3 is 14.9 Å². The molecule has 0 spiro atoms. The zero-order valence-electron chi connectivity index (χ0n) is 10.7. The summed E-state index contributed by atoms with van der Waals surface area (Å²) in [5.74, 6) is -0.995. The van der Waals surface area contributed by atoms with Crippen molar-refractivity contribution in [2.75, 3.05) is 6.54 Å². The Balaban J connectivity index is 1.96. The Bertz CT molecular complexity index is 436. The molecule has 1 aromatic heterocycles. The van der Waals surface area contributed by atoms with Gasteiger partial charge in [-0.2, -0.15) is 0 Å². The van der Waals surface area contributed by atoms with Crippen LogP contribution in [0.1, 0.15) is 49.1 Å². The van der Waals surface area contributed by atoms with Crippen LogP contribution in [0.5, 0.6) is 0 Å². The van der Waals surface area contributed by atoms with Crippen LogP contribution in [0.3, 0.4) is 0 Å². The van der Waals surface area contributed by atoms with Gasteiger partial charge in [0, 0.05) is 12.6 Å². The van der Waals surface area contributed by atoms with E-state index in [1.165, 1.54) is 12.3 Å². The summed E-state index contributed by atoms with van der Waals surface area (Å²) < 4.78 is 4.77. The van der Waals surface area contributed by atoms with E-state index < -0.39 is 5.97 Å². The van der Waals surface area contributed by atoms with Crippen LogP contribution in [-0.2, 0) is 4.79 Å². The number of carbonyl (C=O) groups is 2. The number of amides is 1. The van der Waals surface area contributed by atoms with Crippen LogP contribution in [0.15, 0.2) is 16.8 Å². The van der Waals surface area contributed by atoms with E-state index in [0.29, 0.717) is 6.54 Å². The minimum atomic E-state index is -0.809. The second kappa shape index (κ2) is 5.86. The number of rotatable bonds is 5. The fourth-order valence-electron chi connectivity index (χ4n) is 2.73. The maximum absolute atomic E-state index is 11.8. The van der Waals surface area contributed by atoms with Crippen LogP contribution < -0.4 is 5.32 Å². The van der Waals surface area contributed by atoms with Gasteiger partial charge in [-0.1, -0.05) is 24.4 Å². The van der Waals surface area contributed by atoms with E-state index in [4.69, 9.17) is 9.63 Å². The van der Waals surface area contributed by atoms with Crippen LogP contribution in [0.2, 0.25) is 0 Å². The van der Waals surface area contributed by atoms with Crippen molar-refractivity contribution in [3.05, 3.63) is 18.0 Å². The van der Waals surface area contributed by atoms with Gasteiger partial charge in [0.25, 0.3) is 5.91 Å². The molecule has 1 aliphatic rings. The summed E-state index contributed by atoms with van der Waals surface area (Å²) in [5, 5.41) is 15.3. The molecule has 0 radical (unpaired) electrons. The van der Waals surface area contributed by atoms with Crippen LogP contribution in [0, 0.1) is 5.41 Å². The standard InChI is InChI=1S/C13H18N2O4/c16-11(17)8-13(5-2-1-3-6-13)9-14-12(18)10-4-7-15-19-10/h4,7H,1-3,5-6,8-9H2,(H,14,18)(H,16,17). The molecule has 1 saturated carbocycles. The van der Waals surface area contributed by atoms with E-state index in [-0.39, 0.29) is 23.5 Å². The molecule has 1 fully saturated rings. The van der Waals surface area contributed by atoms with E-state index in [0.717, 1.165) is 32.1 Å². The third-order valence-electron chi connectivity index (χ3n) is 3.73. The molecule has 0 aromatic carbocycles. The zero-order chi connectivity index (χ0) is 13.7. The molecule has 1 aromatic rings. The molecule has 19 heavy (non-hydrogen) atoms. The molecule has 0 aliphatic heterocycles. The summed E-state index contributed by atoms with van der Waals surface area (Å²) in [6.07, 6.45) is 6.37. The molecule has 1 aliphatic carbocycles. The molecule has 2 N–H and O–H groups in total. The Morgan fingerprint density at radius 2 is 2.11 bits per heavy atom. The Hall–Kier alpha value is -1.85. The Morgan fingerprint density at radius 1 is 1.37 bits per heavy atom.